The van der Waals surface area contributed by atoms with Crippen molar-refractivity contribution in [2.24, 2.45) is 0 Å². The van der Waals surface area contributed by atoms with Gasteiger partial charge in [0.05, 0.1) is 23.5 Å². The van der Waals surface area contributed by atoms with Crippen LogP contribution in [0.25, 0.3) is 5.69 Å². The molecule has 0 fully saturated rings. The number of hydrogen-bond donors (Lipinski definition) is 4. The van der Waals surface area contributed by atoms with Crippen LogP contribution in [0.3, 0.4) is 0 Å². The number of benzene rings is 2. The van der Waals surface area contributed by atoms with Gasteiger partial charge in [-0.05, 0) is 42.0 Å². The van der Waals surface area contributed by atoms with Gasteiger partial charge in [-0.15, -0.1) is 0 Å². The first kappa shape index (κ1) is 22.0. The van der Waals surface area contributed by atoms with Crippen molar-refractivity contribution < 1.29 is 15.0 Å². The third-order valence-electron chi connectivity index (χ3n) is 6.22. The van der Waals surface area contributed by atoms with Crippen molar-refractivity contribution in [2.45, 2.75) is 51.2 Å². The lowest BCUT2D eigenvalue weighted by Crippen LogP contribution is -2.45. The summed E-state index contributed by atoms with van der Waals surface area (Å²) in [6.45, 7) is 6.06. The van der Waals surface area contributed by atoms with Gasteiger partial charge in [0.2, 0.25) is 0 Å². The molecule has 1 aromatic heterocycles. The van der Waals surface area contributed by atoms with Crippen molar-refractivity contribution in [3.05, 3.63) is 77.0 Å². The third-order valence-corrected chi connectivity index (χ3v) is 6.22. The Kier molecular flexibility index (Phi) is 6.04. The number of fused-ring (bicyclic) bond motifs is 1. The minimum Gasteiger partial charge on any atom is -0.396 e. The summed E-state index contributed by atoms with van der Waals surface area (Å²) in [5.74, 6) is 0.538. The molecule has 0 bridgehead atoms. The first-order valence-electron chi connectivity index (χ1n) is 10.9. The summed E-state index contributed by atoms with van der Waals surface area (Å²) in [6.07, 6.45) is 0.248. The Morgan fingerprint density at radius 2 is 1.84 bits per heavy atom. The fraction of sp³-hybridized carbons (Fsp3) is 0.360. The maximum atomic E-state index is 13.1. The molecule has 0 unspecified atom stereocenters. The van der Waals surface area contributed by atoms with E-state index in [2.05, 4.69) is 35.6 Å². The Bertz CT molecular complexity index is 1110. The molecule has 168 valence electrons. The second-order valence-corrected chi connectivity index (χ2v) is 8.96. The van der Waals surface area contributed by atoms with E-state index in [0.29, 0.717) is 18.7 Å². The molecule has 4 N–H and O–H groups in total. The monoisotopic (exact) mass is 434 g/mol. The zero-order chi connectivity index (χ0) is 22.9. The third kappa shape index (κ3) is 4.13. The summed E-state index contributed by atoms with van der Waals surface area (Å²) in [5.41, 5.74) is 4.21. The maximum Gasteiger partial charge on any atom is 0.320 e. The molecular weight excluding hydrogens is 404 g/mol. The van der Waals surface area contributed by atoms with Crippen molar-refractivity contribution in [2.75, 3.05) is 11.9 Å². The van der Waals surface area contributed by atoms with E-state index in [-0.39, 0.29) is 12.0 Å². The molecule has 1 aliphatic rings. The van der Waals surface area contributed by atoms with Gasteiger partial charge in [-0.1, -0.05) is 56.3 Å². The molecular formula is C25H30N4O3. The van der Waals surface area contributed by atoms with Gasteiger partial charge in [-0.25, -0.2) is 9.48 Å². The number of hydrogen-bond acceptors (Lipinski definition) is 4. The SMILES string of the molecule is Cc1c(CCO)nn(-c2ccccc2)c1NC(=O)N[C@@H]1c2ccccc2C(C)(C)C[C@H]1O. The number of rotatable bonds is 5. The zero-order valence-corrected chi connectivity index (χ0v) is 18.7. The normalized spacial score (nSPS) is 19.3. The van der Waals surface area contributed by atoms with Gasteiger partial charge in [0.1, 0.15) is 5.82 Å². The van der Waals surface area contributed by atoms with Crippen LogP contribution < -0.4 is 10.6 Å². The van der Waals surface area contributed by atoms with Crippen molar-refractivity contribution in [3.63, 3.8) is 0 Å². The first-order chi connectivity index (χ1) is 15.3. The summed E-state index contributed by atoms with van der Waals surface area (Å²) >= 11 is 0. The van der Waals surface area contributed by atoms with Gasteiger partial charge in [-0.2, -0.15) is 5.10 Å². The second-order valence-electron chi connectivity index (χ2n) is 8.96. The quantitative estimate of drug-likeness (QED) is 0.493. The molecule has 4 rings (SSSR count). The summed E-state index contributed by atoms with van der Waals surface area (Å²) < 4.78 is 1.67. The maximum absolute atomic E-state index is 13.1. The number of nitrogens with one attached hydrogen (secondary N) is 2. The largest absolute Gasteiger partial charge is 0.396 e. The number of amides is 2. The van der Waals surface area contributed by atoms with Gasteiger partial charge in [0.15, 0.2) is 0 Å². The van der Waals surface area contributed by atoms with Crippen LogP contribution in [0.15, 0.2) is 54.6 Å². The molecule has 7 nitrogen and oxygen atoms in total. The van der Waals surface area contributed by atoms with E-state index in [0.717, 1.165) is 28.1 Å². The standard InChI is InChI=1S/C25H30N4O3/c1-16-20(13-14-30)28-29(17-9-5-4-6-10-17)23(16)27-24(32)26-22-18-11-7-8-12-19(18)25(2,3)15-21(22)31/h4-12,21-22,30-31H,13-15H2,1-3H3,(H2,26,27,32)/t21-,22-/m1/s1. The Balaban J connectivity index is 1.62. The summed E-state index contributed by atoms with van der Waals surface area (Å²) in [6, 6.07) is 16.5. The molecule has 2 amide bonds. The minimum atomic E-state index is -0.698. The minimum absolute atomic E-state index is 0.0287. The van der Waals surface area contributed by atoms with E-state index < -0.39 is 18.2 Å². The highest BCUT2D eigenvalue weighted by Gasteiger charge is 2.39. The van der Waals surface area contributed by atoms with Crippen LogP contribution in [-0.4, -0.2) is 38.7 Å². The lowest BCUT2D eigenvalue weighted by Gasteiger charge is -2.40. The van der Waals surface area contributed by atoms with Crippen LogP contribution in [-0.2, 0) is 11.8 Å². The van der Waals surface area contributed by atoms with Gasteiger partial charge in [0, 0.05) is 18.6 Å². The molecule has 1 aliphatic carbocycles. The number of aromatic nitrogens is 2. The van der Waals surface area contributed by atoms with E-state index in [1.165, 1.54) is 0 Å². The van der Waals surface area contributed by atoms with E-state index in [1.807, 2.05) is 55.5 Å². The highest BCUT2D eigenvalue weighted by Crippen LogP contribution is 2.41. The molecule has 0 aliphatic heterocycles. The number of aliphatic hydroxyl groups is 2. The highest BCUT2D eigenvalue weighted by atomic mass is 16.3. The van der Waals surface area contributed by atoms with Crippen LogP contribution in [0.1, 0.15) is 48.7 Å². The molecule has 0 saturated carbocycles. The zero-order valence-electron chi connectivity index (χ0n) is 18.7. The molecule has 32 heavy (non-hydrogen) atoms. The lowest BCUT2D eigenvalue weighted by atomic mass is 9.70. The fourth-order valence-electron chi connectivity index (χ4n) is 4.59. The molecule has 1 heterocycles. The van der Waals surface area contributed by atoms with Crippen molar-refractivity contribution >= 4 is 11.8 Å². The second kappa shape index (κ2) is 8.76. The lowest BCUT2D eigenvalue weighted by molar-refractivity contribution is 0.0883. The van der Waals surface area contributed by atoms with Crippen LogP contribution in [0.4, 0.5) is 10.6 Å². The Morgan fingerprint density at radius 3 is 2.56 bits per heavy atom. The number of para-hydroxylation sites is 1. The van der Waals surface area contributed by atoms with Crippen molar-refractivity contribution in [1.82, 2.24) is 15.1 Å². The summed E-state index contributed by atoms with van der Waals surface area (Å²) in [4.78, 5) is 13.1. The molecule has 3 aromatic rings. The number of nitrogens with zero attached hydrogens (tertiary/aromatic N) is 2. The molecule has 2 aromatic carbocycles. The van der Waals surface area contributed by atoms with Crippen molar-refractivity contribution in [3.8, 4) is 5.69 Å². The van der Waals surface area contributed by atoms with Gasteiger partial charge < -0.3 is 15.5 Å². The van der Waals surface area contributed by atoms with Gasteiger partial charge >= 0.3 is 6.03 Å². The molecule has 0 saturated heterocycles. The number of carbonyl (C=O) groups excluding carboxylic acids is 1. The van der Waals surface area contributed by atoms with Crippen molar-refractivity contribution in [1.29, 1.82) is 0 Å². The van der Waals surface area contributed by atoms with Crippen LogP contribution in [0.2, 0.25) is 0 Å². The predicted molar refractivity (Wildman–Crippen MR) is 124 cm³/mol. The molecule has 0 spiro atoms. The van der Waals surface area contributed by atoms with E-state index in [4.69, 9.17) is 0 Å². The highest BCUT2D eigenvalue weighted by molar-refractivity contribution is 5.90. The number of carbonyl (C=O) groups is 1. The summed E-state index contributed by atoms with van der Waals surface area (Å²) in [7, 11) is 0. The van der Waals surface area contributed by atoms with Gasteiger partial charge in [0.25, 0.3) is 0 Å². The van der Waals surface area contributed by atoms with Crippen LogP contribution in [0, 0.1) is 6.92 Å². The Morgan fingerprint density at radius 1 is 1.16 bits per heavy atom. The number of aliphatic hydroxyl groups excluding tert-OH is 2. The molecule has 2 atom stereocenters. The van der Waals surface area contributed by atoms with Gasteiger partial charge in [-0.3, -0.25) is 5.32 Å². The summed E-state index contributed by atoms with van der Waals surface area (Å²) in [5, 5.41) is 30.7. The smallest absolute Gasteiger partial charge is 0.320 e. The van der Waals surface area contributed by atoms with Crippen LogP contribution in [0.5, 0.6) is 0 Å². The number of anilines is 1. The average molecular weight is 435 g/mol. The van der Waals surface area contributed by atoms with E-state index >= 15 is 0 Å². The Labute approximate surface area is 188 Å². The van der Waals surface area contributed by atoms with E-state index in [1.54, 1.807) is 4.68 Å². The molecule has 0 radical (unpaired) electrons. The Hall–Kier alpha value is -3.16. The van der Waals surface area contributed by atoms with E-state index in [9.17, 15) is 15.0 Å². The molecule has 7 heteroatoms. The topological polar surface area (TPSA) is 99.4 Å². The first-order valence-corrected chi connectivity index (χ1v) is 10.9. The fourth-order valence-corrected chi connectivity index (χ4v) is 4.59. The number of urea groups is 1. The predicted octanol–water partition coefficient (Wildman–Crippen LogP) is 3.62. The van der Waals surface area contributed by atoms with Crippen LogP contribution >= 0.6 is 0 Å². The average Bonchev–Trinajstić information content (AvgIpc) is 3.07.